The highest BCUT2D eigenvalue weighted by atomic mass is 15.1. The van der Waals surface area contributed by atoms with E-state index in [1.165, 1.54) is 88.6 Å². The fraction of sp³-hybridized carbons (Fsp3) is 0.0149. The minimum absolute atomic E-state index is 0.623. The lowest BCUT2D eigenvalue weighted by atomic mass is 9.67. The second-order valence-corrected chi connectivity index (χ2v) is 18.0. The quantitative estimate of drug-likeness (QED) is 0.140. The van der Waals surface area contributed by atoms with Crippen LogP contribution in [0.3, 0.4) is 0 Å². The highest BCUT2D eigenvalue weighted by molar-refractivity contribution is 6.09. The second kappa shape index (κ2) is 16.7. The van der Waals surface area contributed by atoms with Crippen molar-refractivity contribution < 1.29 is 0 Å². The normalized spacial score (nSPS) is 13.9. The summed E-state index contributed by atoms with van der Waals surface area (Å²) in [7, 11) is 0. The largest absolute Gasteiger partial charge is 0.311 e. The van der Waals surface area contributed by atoms with E-state index >= 15 is 0 Å². The Morgan fingerprint density at radius 1 is 0.290 bits per heavy atom. The van der Waals surface area contributed by atoms with Crippen molar-refractivity contribution in [3.63, 3.8) is 0 Å². The standard InChI is InChI=1S/C67H46N2/c1-5-18-47(19-6-1)49-32-38-53(39-33-49)67(52-22-9-3-10-23-52)62-29-17-28-58(66(62)61-45-44-57(46-63(61)67)69-64-30-15-13-26-59(64)60-27-14-16-31-65(60)69)51-36-42-56(43-37-51)68(54-24-11-4-12-25-54)55-40-34-50(35-41-55)48-20-7-2-8-21-48/h1-46H. The number of rotatable bonds is 9. The summed E-state index contributed by atoms with van der Waals surface area (Å²) in [6.45, 7) is 0. The third-order valence-electron chi connectivity index (χ3n) is 14.3. The summed E-state index contributed by atoms with van der Waals surface area (Å²) < 4.78 is 2.45. The van der Waals surface area contributed by atoms with Gasteiger partial charge in [0.05, 0.1) is 16.4 Å². The van der Waals surface area contributed by atoms with Gasteiger partial charge in [0.1, 0.15) is 0 Å². The highest BCUT2D eigenvalue weighted by Gasteiger charge is 2.47. The van der Waals surface area contributed by atoms with Crippen molar-refractivity contribution in [3.8, 4) is 50.2 Å². The molecule has 1 aliphatic rings. The van der Waals surface area contributed by atoms with E-state index in [0.29, 0.717) is 0 Å². The molecule has 13 rings (SSSR count). The van der Waals surface area contributed by atoms with Crippen molar-refractivity contribution in [3.05, 3.63) is 301 Å². The smallest absolute Gasteiger partial charge is 0.0714 e. The molecule has 1 aromatic heterocycles. The Labute approximate surface area is 403 Å². The van der Waals surface area contributed by atoms with E-state index in [1.807, 2.05) is 0 Å². The Balaban J connectivity index is 1.01. The summed E-state index contributed by atoms with van der Waals surface area (Å²) in [4.78, 5) is 2.35. The van der Waals surface area contributed by atoms with Crippen molar-refractivity contribution in [2.24, 2.45) is 0 Å². The molecule has 0 saturated heterocycles. The van der Waals surface area contributed by atoms with E-state index in [1.54, 1.807) is 0 Å². The van der Waals surface area contributed by atoms with Crippen molar-refractivity contribution in [2.75, 3.05) is 4.90 Å². The minimum Gasteiger partial charge on any atom is -0.311 e. The van der Waals surface area contributed by atoms with Crippen molar-refractivity contribution >= 4 is 38.9 Å². The van der Waals surface area contributed by atoms with Crippen LogP contribution in [0, 0.1) is 0 Å². The predicted octanol–water partition coefficient (Wildman–Crippen LogP) is 17.6. The Morgan fingerprint density at radius 2 is 0.739 bits per heavy atom. The molecule has 0 radical (unpaired) electrons. The van der Waals surface area contributed by atoms with Gasteiger partial charge in [0.2, 0.25) is 0 Å². The SMILES string of the molecule is c1ccc(-c2ccc(N(c3ccccc3)c3ccc(-c4cccc5c4-c4ccc(-n6c7ccccc7c7ccccc76)cc4C5(c4ccccc4)c4ccc(-c5ccccc5)cc4)cc3)cc2)cc1. The van der Waals surface area contributed by atoms with E-state index in [2.05, 4.69) is 289 Å². The lowest BCUT2D eigenvalue weighted by molar-refractivity contribution is 0.768. The average Bonchev–Trinajstić information content (AvgIpc) is 3.93. The summed E-state index contributed by atoms with van der Waals surface area (Å²) >= 11 is 0. The minimum atomic E-state index is -0.623. The number of anilines is 3. The lowest BCUT2D eigenvalue weighted by Crippen LogP contribution is -2.28. The van der Waals surface area contributed by atoms with Crippen LogP contribution >= 0.6 is 0 Å². The van der Waals surface area contributed by atoms with Gasteiger partial charge in [0.15, 0.2) is 0 Å². The van der Waals surface area contributed by atoms with Crippen LogP contribution < -0.4 is 4.90 Å². The lowest BCUT2D eigenvalue weighted by Gasteiger charge is -2.34. The van der Waals surface area contributed by atoms with Crippen molar-refractivity contribution in [1.82, 2.24) is 4.57 Å². The summed E-state index contributed by atoms with van der Waals surface area (Å²) in [6.07, 6.45) is 0. The van der Waals surface area contributed by atoms with Gasteiger partial charge in [0.25, 0.3) is 0 Å². The number of nitrogens with zero attached hydrogens (tertiary/aromatic N) is 2. The van der Waals surface area contributed by atoms with Gasteiger partial charge in [-0.15, -0.1) is 0 Å². The molecule has 324 valence electrons. The van der Waals surface area contributed by atoms with Crippen LogP contribution in [0.1, 0.15) is 22.3 Å². The molecule has 0 N–H and O–H groups in total. The van der Waals surface area contributed by atoms with Gasteiger partial charge < -0.3 is 9.47 Å². The van der Waals surface area contributed by atoms with Gasteiger partial charge in [-0.2, -0.15) is 0 Å². The maximum atomic E-state index is 2.49. The third-order valence-corrected chi connectivity index (χ3v) is 14.3. The molecule has 0 amide bonds. The Kier molecular flexibility index (Phi) is 9.77. The fourth-order valence-electron chi connectivity index (χ4n) is 11.2. The molecule has 0 saturated carbocycles. The van der Waals surface area contributed by atoms with Gasteiger partial charge in [-0.05, 0) is 127 Å². The van der Waals surface area contributed by atoms with Crippen molar-refractivity contribution in [2.45, 2.75) is 5.41 Å². The first-order valence-electron chi connectivity index (χ1n) is 23.8. The van der Waals surface area contributed by atoms with Crippen LogP contribution in [-0.4, -0.2) is 4.57 Å². The first-order valence-corrected chi connectivity index (χ1v) is 23.8. The molecule has 69 heavy (non-hydrogen) atoms. The summed E-state index contributed by atoms with van der Waals surface area (Å²) in [6, 6.07) is 102. The van der Waals surface area contributed by atoms with Gasteiger partial charge in [0, 0.05) is 33.5 Å². The molecule has 0 fully saturated rings. The van der Waals surface area contributed by atoms with E-state index in [4.69, 9.17) is 0 Å². The molecule has 0 spiro atoms. The average molecular weight is 879 g/mol. The maximum absolute atomic E-state index is 2.49. The first kappa shape index (κ1) is 40.3. The number of hydrogen-bond donors (Lipinski definition) is 0. The topological polar surface area (TPSA) is 8.17 Å². The molecular formula is C67H46N2. The zero-order valence-corrected chi connectivity index (χ0v) is 38.0. The van der Waals surface area contributed by atoms with Crippen LogP contribution in [0.4, 0.5) is 17.1 Å². The van der Waals surface area contributed by atoms with E-state index in [-0.39, 0.29) is 0 Å². The molecule has 2 heteroatoms. The summed E-state index contributed by atoms with van der Waals surface area (Å²) in [5, 5.41) is 2.51. The van der Waals surface area contributed by atoms with Crippen LogP contribution in [0.25, 0.3) is 72.0 Å². The van der Waals surface area contributed by atoms with Crippen LogP contribution in [0.15, 0.2) is 279 Å². The predicted molar refractivity (Wildman–Crippen MR) is 289 cm³/mol. The molecule has 1 heterocycles. The van der Waals surface area contributed by atoms with Crippen LogP contribution in [0.5, 0.6) is 0 Å². The monoisotopic (exact) mass is 878 g/mol. The molecule has 11 aromatic carbocycles. The maximum Gasteiger partial charge on any atom is 0.0714 e. The summed E-state index contributed by atoms with van der Waals surface area (Å²) in [5.41, 5.74) is 20.9. The van der Waals surface area contributed by atoms with Crippen molar-refractivity contribution in [1.29, 1.82) is 0 Å². The van der Waals surface area contributed by atoms with Gasteiger partial charge in [-0.25, -0.2) is 0 Å². The van der Waals surface area contributed by atoms with E-state index < -0.39 is 5.41 Å². The molecular weight excluding hydrogens is 833 g/mol. The van der Waals surface area contributed by atoms with Gasteiger partial charge in [-0.3, -0.25) is 0 Å². The molecule has 1 atom stereocenters. The Hall–Kier alpha value is -8.98. The van der Waals surface area contributed by atoms with Crippen LogP contribution in [-0.2, 0) is 5.41 Å². The van der Waals surface area contributed by atoms with Crippen LogP contribution in [0.2, 0.25) is 0 Å². The molecule has 12 aromatic rings. The Bertz CT molecular complexity index is 3730. The zero-order valence-electron chi connectivity index (χ0n) is 38.0. The van der Waals surface area contributed by atoms with Gasteiger partial charge >= 0.3 is 0 Å². The molecule has 0 bridgehead atoms. The molecule has 1 aliphatic carbocycles. The third kappa shape index (κ3) is 6.64. The van der Waals surface area contributed by atoms with E-state index in [9.17, 15) is 0 Å². The molecule has 1 unspecified atom stereocenters. The second-order valence-electron chi connectivity index (χ2n) is 18.0. The zero-order chi connectivity index (χ0) is 45.7. The highest BCUT2D eigenvalue weighted by Crippen LogP contribution is 2.59. The summed E-state index contributed by atoms with van der Waals surface area (Å²) in [5.74, 6) is 0. The number of fused-ring (bicyclic) bond motifs is 6. The van der Waals surface area contributed by atoms with Gasteiger partial charge in [-0.1, -0.05) is 218 Å². The molecule has 2 nitrogen and oxygen atoms in total. The molecule has 0 aliphatic heterocycles. The number of hydrogen-bond acceptors (Lipinski definition) is 1. The Morgan fingerprint density at radius 3 is 1.32 bits per heavy atom. The first-order chi connectivity index (χ1) is 34.2. The fourth-order valence-corrected chi connectivity index (χ4v) is 11.2. The number of para-hydroxylation sites is 3. The number of aromatic nitrogens is 1. The number of benzene rings is 11. The van der Waals surface area contributed by atoms with E-state index in [0.717, 1.165) is 22.7 Å².